The van der Waals surface area contributed by atoms with E-state index in [1.807, 2.05) is 5.38 Å². The van der Waals surface area contributed by atoms with Crippen molar-refractivity contribution < 1.29 is 14.6 Å². The molecule has 1 atom stereocenters. The van der Waals surface area contributed by atoms with Crippen LogP contribution in [0.15, 0.2) is 16.8 Å². The first kappa shape index (κ1) is 12.4. The van der Waals surface area contributed by atoms with Crippen LogP contribution < -0.4 is 5.11 Å². The predicted octanol–water partition coefficient (Wildman–Crippen LogP) is 1.46. The van der Waals surface area contributed by atoms with Gasteiger partial charge in [-0.05, 0) is 49.1 Å². The van der Waals surface area contributed by atoms with Crippen molar-refractivity contribution in [2.24, 2.45) is 0 Å². The number of carbonyl (C=O) groups excluding carboxylic acids is 1. The van der Waals surface area contributed by atoms with Crippen LogP contribution in [0.5, 0.6) is 0 Å². The molecule has 0 radical (unpaired) electrons. The first-order valence-corrected chi connectivity index (χ1v) is 6.60. The van der Waals surface area contributed by atoms with Gasteiger partial charge in [0.2, 0.25) is 0 Å². The summed E-state index contributed by atoms with van der Waals surface area (Å²) in [6, 6.07) is 1.96. The van der Waals surface area contributed by atoms with Gasteiger partial charge in [0.05, 0.1) is 12.6 Å². The first-order valence-electron chi connectivity index (χ1n) is 5.66. The number of hydrogen-bond acceptors (Lipinski definition) is 4. The molecular formula is C12H16NO3S-. The second-order valence-corrected chi connectivity index (χ2v) is 5.50. The van der Waals surface area contributed by atoms with Gasteiger partial charge in [-0.25, -0.2) is 0 Å². The number of amides is 1. The molecule has 0 saturated carbocycles. The molecule has 2 rings (SSSR count). The van der Waals surface area contributed by atoms with Crippen LogP contribution in [0, 0.1) is 0 Å². The summed E-state index contributed by atoms with van der Waals surface area (Å²) in [4.78, 5) is 12.4. The van der Waals surface area contributed by atoms with Gasteiger partial charge in [0.1, 0.15) is 11.8 Å². The van der Waals surface area contributed by atoms with Crippen LogP contribution in [-0.4, -0.2) is 29.4 Å². The van der Waals surface area contributed by atoms with E-state index in [-0.39, 0.29) is 6.04 Å². The number of aryl methyl sites for hydroxylation is 1. The lowest BCUT2D eigenvalue weighted by Crippen LogP contribution is -2.53. The van der Waals surface area contributed by atoms with Crippen LogP contribution in [0.3, 0.4) is 0 Å². The Kier molecular flexibility index (Phi) is 3.40. The third-order valence-electron chi connectivity index (χ3n) is 3.12. The number of hydrogen-bond donors (Lipinski definition) is 0. The molecule has 0 N–H and O–H groups in total. The molecule has 1 aromatic heterocycles. The lowest BCUT2D eigenvalue weighted by Gasteiger charge is -2.35. The average molecular weight is 254 g/mol. The molecule has 2 heterocycles. The van der Waals surface area contributed by atoms with Crippen LogP contribution in [0.2, 0.25) is 0 Å². The summed E-state index contributed by atoms with van der Waals surface area (Å²) in [7, 11) is 0. The lowest BCUT2D eigenvalue weighted by atomic mass is 10.1. The second kappa shape index (κ2) is 4.66. The highest BCUT2D eigenvalue weighted by molar-refractivity contribution is 7.07. The minimum Gasteiger partial charge on any atom is -0.530 e. The van der Waals surface area contributed by atoms with E-state index in [4.69, 9.17) is 4.74 Å². The van der Waals surface area contributed by atoms with Crippen molar-refractivity contribution in [3.05, 3.63) is 22.4 Å². The van der Waals surface area contributed by atoms with E-state index in [0.717, 1.165) is 12.8 Å². The lowest BCUT2D eigenvalue weighted by molar-refractivity contribution is -0.276. The van der Waals surface area contributed by atoms with Crippen LogP contribution in [0.4, 0.5) is 4.79 Å². The van der Waals surface area contributed by atoms with Crippen LogP contribution >= 0.6 is 11.3 Å². The van der Waals surface area contributed by atoms with Crippen LogP contribution in [0.1, 0.15) is 25.8 Å². The van der Waals surface area contributed by atoms with E-state index < -0.39 is 11.8 Å². The summed E-state index contributed by atoms with van der Waals surface area (Å²) >= 11 is 1.66. The molecule has 0 bridgehead atoms. The molecule has 1 unspecified atom stereocenters. The summed E-state index contributed by atoms with van der Waals surface area (Å²) in [5.41, 5.74) is 0.482. The highest BCUT2D eigenvalue weighted by Crippen LogP contribution is 2.29. The Balaban J connectivity index is 1.99. The zero-order valence-electron chi connectivity index (χ0n) is 10.0. The van der Waals surface area contributed by atoms with Crippen molar-refractivity contribution in [3.8, 4) is 0 Å². The predicted molar refractivity (Wildman–Crippen MR) is 63.7 cm³/mol. The molecule has 94 valence electrons. The standard InChI is InChI=1S/C12H17NO3S/c1-12(2)13(11(14)15)10(7-16-12)4-3-9-5-6-17-8-9/h5-6,8,10H,3-4,7H2,1-2H3,(H,14,15)/p-1. The fraction of sp³-hybridized carbons (Fsp3) is 0.583. The summed E-state index contributed by atoms with van der Waals surface area (Å²) < 4.78 is 5.50. The number of nitrogens with zero attached hydrogens (tertiary/aromatic N) is 1. The van der Waals surface area contributed by atoms with E-state index in [0.29, 0.717) is 6.61 Å². The van der Waals surface area contributed by atoms with E-state index in [2.05, 4.69) is 11.4 Å². The van der Waals surface area contributed by atoms with Crippen LogP contribution in [0.25, 0.3) is 0 Å². The van der Waals surface area contributed by atoms with Crippen molar-refractivity contribution in [3.63, 3.8) is 0 Å². The van der Waals surface area contributed by atoms with E-state index in [1.54, 1.807) is 25.2 Å². The Bertz CT molecular complexity index is 388. The molecule has 1 amide bonds. The third-order valence-corrected chi connectivity index (χ3v) is 3.85. The monoisotopic (exact) mass is 254 g/mol. The normalized spacial score (nSPS) is 22.9. The third kappa shape index (κ3) is 2.61. The average Bonchev–Trinajstić information content (AvgIpc) is 2.81. The minimum atomic E-state index is -1.15. The summed E-state index contributed by atoms with van der Waals surface area (Å²) in [6.45, 7) is 3.96. The highest BCUT2D eigenvalue weighted by Gasteiger charge is 2.40. The van der Waals surface area contributed by atoms with Gasteiger partial charge in [0.15, 0.2) is 0 Å². The highest BCUT2D eigenvalue weighted by atomic mass is 32.1. The Morgan fingerprint density at radius 2 is 2.47 bits per heavy atom. The number of carboxylic acid groups (broad SMARTS) is 1. The number of thiophene rings is 1. The Morgan fingerprint density at radius 1 is 1.71 bits per heavy atom. The quantitative estimate of drug-likeness (QED) is 0.820. The number of carbonyl (C=O) groups is 1. The topological polar surface area (TPSA) is 52.6 Å². The fourth-order valence-corrected chi connectivity index (χ4v) is 2.94. The maximum Gasteiger partial charge on any atom is 0.139 e. The molecule has 1 saturated heterocycles. The molecule has 4 nitrogen and oxygen atoms in total. The number of ether oxygens (including phenoxy) is 1. The minimum absolute atomic E-state index is 0.102. The zero-order chi connectivity index (χ0) is 12.5. The molecule has 1 aliphatic rings. The smallest absolute Gasteiger partial charge is 0.139 e. The fourth-order valence-electron chi connectivity index (χ4n) is 2.23. The van der Waals surface area contributed by atoms with E-state index >= 15 is 0 Å². The van der Waals surface area contributed by atoms with Gasteiger partial charge in [0, 0.05) is 0 Å². The molecular weight excluding hydrogens is 238 g/mol. The van der Waals surface area contributed by atoms with Crippen molar-refractivity contribution >= 4 is 17.4 Å². The summed E-state index contributed by atoms with van der Waals surface area (Å²) in [5.74, 6) is 0. The van der Waals surface area contributed by atoms with E-state index in [9.17, 15) is 9.90 Å². The van der Waals surface area contributed by atoms with Gasteiger partial charge >= 0.3 is 0 Å². The van der Waals surface area contributed by atoms with Crippen molar-refractivity contribution in [1.82, 2.24) is 4.90 Å². The van der Waals surface area contributed by atoms with Gasteiger partial charge < -0.3 is 19.5 Å². The Morgan fingerprint density at radius 3 is 3.06 bits per heavy atom. The van der Waals surface area contributed by atoms with Crippen molar-refractivity contribution in [2.75, 3.05) is 6.61 Å². The molecule has 17 heavy (non-hydrogen) atoms. The first-order chi connectivity index (χ1) is 8.00. The second-order valence-electron chi connectivity index (χ2n) is 4.72. The van der Waals surface area contributed by atoms with Crippen LogP contribution in [-0.2, 0) is 11.2 Å². The SMILES string of the molecule is CC1(C)OCC(CCc2ccsc2)N1C(=O)[O-]. The van der Waals surface area contributed by atoms with E-state index in [1.165, 1.54) is 10.5 Å². The molecule has 1 aliphatic heterocycles. The maximum absolute atomic E-state index is 11.1. The van der Waals surface area contributed by atoms with Gasteiger partial charge in [-0.15, -0.1) is 0 Å². The van der Waals surface area contributed by atoms with Crippen molar-refractivity contribution in [2.45, 2.75) is 38.5 Å². The Labute approximate surface area is 105 Å². The molecule has 0 aromatic carbocycles. The molecule has 5 heteroatoms. The van der Waals surface area contributed by atoms with Gasteiger partial charge in [-0.3, -0.25) is 0 Å². The number of rotatable bonds is 3. The summed E-state index contributed by atoms with van der Waals surface area (Å²) in [6.07, 6.45) is 0.494. The Hall–Kier alpha value is -1.07. The largest absolute Gasteiger partial charge is 0.530 e. The zero-order valence-corrected chi connectivity index (χ0v) is 10.8. The summed E-state index contributed by atoms with van der Waals surface area (Å²) in [5, 5.41) is 15.2. The molecule has 0 spiro atoms. The molecule has 1 aromatic rings. The van der Waals surface area contributed by atoms with Gasteiger partial charge in [-0.2, -0.15) is 11.3 Å². The molecule has 1 fully saturated rings. The van der Waals surface area contributed by atoms with Gasteiger partial charge in [-0.1, -0.05) is 0 Å². The van der Waals surface area contributed by atoms with Gasteiger partial charge in [0.25, 0.3) is 0 Å². The maximum atomic E-state index is 11.1. The van der Waals surface area contributed by atoms with Crippen molar-refractivity contribution in [1.29, 1.82) is 0 Å². The molecule has 0 aliphatic carbocycles.